The fourth-order valence-electron chi connectivity index (χ4n) is 5.31. The predicted octanol–water partition coefficient (Wildman–Crippen LogP) is 2.80. The highest BCUT2D eigenvalue weighted by molar-refractivity contribution is 6.07. The highest BCUT2D eigenvalue weighted by Crippen LogP contribution is 2.54. The molecule has 1 heterocycles. The highest BCUT2D eigenvalue weighted by Gasteiger charge is 2.60. The molecule has 6 nitrogen and oxygen atoms in total. The molecule has 2 bridgehead atoms. The van der Waals surface area contributed by atoms with Crippen molar-refractivity contribution >= 4 is 17.7 Å². The number of likely N-dealkylation sites (tertiary alicyclic amines) is 1. The van der Waals surface area contributed by atoms with Gasteiger partial charge in [-0.1, -0.05) is 24.3 Å². The smallest absolute Gasteiger partial charge is 0.234 e. The molecule has 2 fully saturated rings. The van der Waals surface area contributed by atoms with E-state index in [9.17, 15) is 14.4 Å². The van der Waals surface area contributed by atoms with Gasteiger partial charge in [0.25, 0.3) is 0 Å². The number of hydrogen-bond donors (Lipinski definition) is 0. The number of benzene rings is 1. The monoisotopic (exact) mass is 396 g/mol. The quantitative estimate of drug-likeness (QED) is 0.525. The SMILES string of the molecule is CCN(CC)C(=O)CC(c1cccc(OC)c1)N1C(=O)C2C3C=CC(C3)C2C1=O. The van der Waals surface area contributed by atoms with Gasteiger partial charge < -0.3 is 9.64 Å². The molecule has 1 aromatic rings. The summed E-state index contributed by atoms with van der Waals surface area (Å²) in [5, 5.41) is 0. The Morgan fingerprint density at radius 1 is 1.14 bits per heavy atom. The van der Waals surface area contributed by atoms with Crippen LogP contribution >= 0.6 is 0 Å². The number of methoxy groups -OCH3 is 1. The third kappa shape index (κ3) is 3.15. The standard InChI is InChI=1S/C23H28N2O4/c1-4-24(5-2)19(26)13-18(14-7-6-8-17(12-14)29-3)25-22(27)20-15-9-10-16(11-15)21(20)23(25)28/h6-10,12,15-16,18,20-21H,4-5,11,13H2,1-3H3. The lowest BCUT2D eigenvalue weighted by atomic mass is 9.85. The molecule has 1 saturated heterocycles. The van der Waals surface area contributed by atoms with Crippen LogP contribution in [0.15, 0.2) is 36.4 Å². The number of hydrogen-bond acceptors (Lipinski definition) is 4. The lowest BCUT2D eigenvalue weighted by Crippen LogP contribution is -2.40. The van der Waals surface area contributed by atoms with Crippen molar-refractivity contribution in [3.05, 3.63) is 42.0 Å². The van der Waals surface area contributed by atoms with E-state index in [2.05, 4.69) is 12.2 Å². The molecule has 0 N–H and O–H groups in total. The zero-order valence-corrected chi connectivity index (χ0v) is 17.2. The van der Waals surface area contributed by atoms with Crippen LogP contribution in [0.5, 0.6) is 5.75 Å². The molecule has 5 unspecified atom stereocenters. The summed E-state index contributed by atoms with van der Waals surface area (Å²) in [6, 6.07) is 6.73. The van der Waals surface area contributed by atoms with Crippen molar-refractivity contribution in [2.75, 3.05) is 20.2 Å². The maximum absolute atomic E-state index is 13.4. The Hall–Kier alpha value is -2.63. The van der Waals surface area contributed by atoms with Gasteiger partial charge in [-0.25, -0.2) is 0 Å². The first kappa shape index (κ1) is 19.7. The molecule has 5 atom stereocenters. The normalized spacial score (nSPS) is 28.0. The van der Waals surface area contributed by atoms with E-state index in [1.807, 2.05) is 38.1 Å². The minimum atomic E-state index is -0.608. The molecular formula is C23H28N2O4. The van der Waals surface area contributed by atoms with E-state index in [0.717, 1.165) is 12.0 Å². The first-order chi connectivity index (χ1) is 14.0. The summed E-state index contributed by atoms with van der Waals surface area (Å²) in [5.74, 6) is 0.0922. The van der Waals surface area contributed by atoms with Crippen molar-refractivity contribution in [1.82, 2.24) is 9.80 Å². The average molecular weight is 396 g/mol. The Morgan fingerprint density at radius 2 is 1.76 bits per heavy atom. The number of allylic oxidation sites excluding steroid dienone is 2. The molecule has 4 rings (SSSR count). The molecule has 3 aliphatic rings. The highest BCUT2D eigenvalue weighted by atomic mass is 16.5. The van der Waals surface area contributed by atoms with Crippen LogP contribution in [-0.4, -0.2) is 47.7 Å². The van der Waals surface area contributed by atoms with Gasteiger partial charge in [-0.15, -0.1) is 0 Å². The van der Waals surface area contributed by atoms with Crippen molar-refractivity contribution in [3.8, 4) is 5.75 Å². The third-order valence-electron chi connectivity index (χ3n) is 6.78. The van der Waals surface area contributed by atoms with Crippen LogP contribution in [0.25, 0.3) is 0 Å². The van der Waals surface area contributed by atoms with Crippen molar-refractivity contribution in [1.29, 1.82) is 0 Å². The van der Waals surface area contributed by atoms with E-state index in [1.165, 1.54) is 4.90 Å². The maximum atomic E-state index is 13.4. The van der Waals surface area contributed by atoms with Crippen LogP contribution in [0, 0.1) is 23.7 Å². The summed E-state index contributed by atoms with van der Waals surface area (Å²) in [6.07, 6.45) is 5.15. The third-order valence-corrected chi connectivity index (χ3v) is 6.78. The van der Waals surface area contributed by atoms with Crippen LogP contribution in [0.3, 0.4) is 0 Å². The van der Waals surface area contributed by atoms with Gasteiger partial charge in [0.2, 0.25) is 17.7 Å². The van der Waals surface area contributed by atoms with E-state index >= 15 is 0 Å². The summed E-state index contributed by atoms with van der Waals surface area (Å²) in [5.41, 5.74) is 0.756. The van der Waals surface area contributed by atoms with Crippen molar-refractivity contribution in [3.63, 3.8) is 0 Å². The Bertz CT molecular complexity index is 830. The molecule has 154 valence electrons. The van der Waals surface area contributed by atoms with E-state index in [0.29, 0.717) is 18.8 Å². The molecule has 6 heteroatoms. The molecule has 0 radical (unpaired) electrons. The van der Waals surface area contributed by atoms with Crippen LogP contribution < -0.4 is 4.74 Å². The number of ether oxygens (including phenoxy) is 1. The zero-order chi connectivity index (χ0) is 20.7. The summed E-state index contributed by atoms with van der Waals surface area (Å²) in [7, 11) is 1.58. The Labute approximate surface area is 171 Å². The summed E-state index contributed by atoms with van der Waals surface area (Å²) >= 11 is 0. The van der Waals surface area contributed by atoms with Crippen LogP contribution in [0.4, 0.5) is 0 Å². The number of rotatable bonds is 7. The van der Waals surface area contributed by atoms with Gasteiger partial charge in [-0.3, -0.25) is 19.3 Å². The molecule has 29 heavy (non-hydrogen) atoms. The van der Waals surface area contributed by atoms with Gasteiger partial charge in [-0.05, 0) is 49.8 Å². The van der Waals surface area contributed by atoms with E-state index < -0.39 is 6.04 Å². The number of carbonyl (C=O) groups excluding carboxylic acids is 3. The number of fused-ring (bicyclic) bond motifs is 5. The van der Waals surface area contributed by atoms with Gasteiger partial charge in [0.05, 0.1) is 31.4 Å². The topological polar surface area (TPSA) is 66.9 Å². The lowest BCUT2D eigenvalue weighted by Gasteiger charge is -2.30. The predicted molar refractivity (Wildman–Crippen MR) is 108 cm³/mol. The second-order valence-corrected chi connectivity index (χ2v) is 8.11. The Kier molecular flexibility index (Phi) is 5.19. The number of nitrogens with zero attached hydrogens (tertiary/aromatic N) is 2. The first-order valence-corrected chi connectivity index (χ1v) is 10.5. The molecule has 1 saturated carbocycles. The second-order valence-electron chi connectivity index (χ2n) is 8.11. The van der Waals surface area contributed by atoms with Gasteiger partial charge >= 0.3 is 0 Å². The fourth-order valence-corrected chi connectivity index (χ4v) is 5.31. The Balaban J connectivity index is 1.69. The molecule has 1 aliphatic heterocycles. The molecule has 3 amide bonds. The summed E-state index contributed by atoms with van der Waals surface area (Å²) < 4.78 is 5.34. The van der Waals surface area contributed by atoms with E-state index in [4.69, 9.17) is 4.74 Å². The number of carbonyl (C=O) groups is 3. The molecular weight excluding hydrogens is 368 g/mol. The van der Waals surface area contributed by atoms with Crippen molar-refractivity contribution in [2.24, 2.45) is 23.7 Å². The molecule has 0 spiro atoms. The van der Waals surface area contributed by atoms with E-state index in [-0.39, 0.29) is 47.8 Å². The Morgan fingerprint density at radius 3 is 2.31 bits per heavy atom. The number of amides is 3. The van der Waals surface area contributed by atoms with Gasteiger partial charge in [0.15, 0.2) is 0 Å². The maximum Gasteiger partial charge on any atom is 0.234 e. The molecule has 2 aliphatic carbocycles. The van der Waals surface area contributed by atoms with Crippen LogP contribution in [-0.2, 0) is 14.4 Å². The second kappa shape index (κ2) is 7.65. The van der Waals surface area contributed by atoms with Crippen molar-refractivity contribution < 1.29 is 19.1 Å². The number of imide groups is 1. The van der Waals surface area contributed by atoms with Gasteiger partial charge in [0, 0.05) is 13.1 Å². The average Bonchev–Trinajstić information content (AvgIpc) is 3.41. The minimum absolute atomic E-state index is 0.0541. The molecule has 1 aromatic carbocycles. The van der Waals surface area contributed by atoms with E-state index in [1.54, 1.807) is 12.0 Å². The zero-order valence-electron chi connectivity index (χ0n) is 17.2. The van der Waals surface area contributed by atoms with Gasteiger partial charge in [-0.2, -0.15) is 0 Å². The van der Waals surface area contributed by atoms with Crippen LogP contribution in [0.1, 0.15) is 38.3 Å². The largest absolute Gasteiger partial charge is 0.497 e. The fraction of sp³-hybridized carbons (Fsp3) is 0.522. The molecule has 0 aromatic heterocycles. The summed E-state index contributed by atoms with van der Waals surface area (Å²) in [4.78, 5) is 42.8. The van der Waals surface area contributed by atoms with Crippen LogP contribution in [0.2, 0.25) is 0 Å². The van der Waals surface area contributed by atoms with Crippen molar-refractivity contribution in [2.45, 2.75) is 32.7 Å². The van der Waals surface area contributed by atoms with Gasteiger partial charge in [0.1, 0.15) is 5.75 Å². The summed E-state index contributed by atoms with van der Waals surface area (Å²) in [6.45, 7) is 5.06. The minimum Gasteiger partial charge on any atom is -0.497 e. The first-order valence-electron chi connectivity index (χ1n) is 10.5. The lowest BCUT2D eigenvalue weighted by molar-refractivity contribution is -0.145.